The van der Waals surface area contributed by atoms with Gasteiger partial charge in [-0.15, -0.1) is 0 Å². The number of aromatic amines is 1. The van der Waals surface area contributed by atoms with Gasteiger partial charge in [0.05, 0.1) is 12.1 Å². The van der Waals surface area contributed by atoms with Gasteiger partial charge < -0.3 is 10.1 Å². The maximum absolute atomic E-state index is 11.9. The Morgan fingerprint density at radius 2 is 1.85 bits per heavy atom. The third kappa shape index (κ3) is 3.17. The molecular weight excluding hydrogens is 260 g/mol. The van der Waals surface area contributed by atoms with E-state index in [-0.39, 0.29) is 5.69 Å². The predicted octanol–water partition coefficient (Wildman–Crippen LogP) is 1.23. The molecule has 0 bridgehead atoms. The van der Waals surface area contributed by atoms with Gasteiger partial charge in [0.25, 0.3) is 0 Å². The molecule has 2 heterocycles. The summed E-state index contributed by atoms with van der Waals surface area (Å²) in [6, 6.07) is 5.38. The molecule has 0 spiro atoms. The summed E-state index contributed by atoms with van der Waals surface area (Å²) >= 11 is 0. The van der Waals surface area contributed by atoms with E-state index < -0.39 is 24.0 Å². The van der Waals surface area contributed by atoms with Crippen molar-refractivity contribution in [2.75, 3.05) is 0 Å². The highest BCUT2D eigenvalue weighted by Crippen LogP contribution is 2.14. The van der Waals surface area contributed by atoms with Crippen LogP contribution in [0.5, 0.6) is 0 Å². The van der Waals surface area contributed by atoms with Crippen LogP contribution in [0.1, 0.15) is 28.0 Å². The Bertz CT molecular complexity index is 646. The SMILES string of the molecule is O=C(O)C(=O)CC(=O)c1[nH]ccc1Cc1ccncc1. The van der Waals surface area contributed by atoms with E-state index >= 15 is 0 Å². The van der Waals surface area contributed by atoms with Crippen molar-refractivity contribution in [3.63, 3.8) is 0 Å². The van der Waals surface area contributed by atoms with E-state index in [9.17, 15) is 14.4 Å². The lowest BCUT2D eigenvalue weighted by molar-refractivity contribution is -0.148. The molecule has 0 unspecified atom stereocenters. The van der Waals surface area contributed by atoms with Crippen molar-refractivity contribution >= 4 is 17.5 Å². The van der Waals surface area contributed by atoms with E-state index in [2.05, 4.69) is 9.97 Å². The highest BCUT2D eigenvalue weighted by molar-refractivity contribution is 6.37. The molecule has 2 aromatic rings. The molecule has 2 N–H and O–H groups in total. The van der Waals surface area contributed by atoms with Crippen molar-refractivity contribution in [2.24, 2.45) is 0 Å². The van der Waals surface area contributed by atoms with Crippen LogP contribution in [0.25, 0.3) is 0 Å². The number of carbonyl (C=O) groups is 3. The number of ketones is 2. The van der Waals surface area contributed by atoms with Gasteiger partial charge in [0.1, 0.15) is 0 Å². The number of carbonyl (C=O) groups excluding carboxylic acids is 2. The van der Waals surface area contributed by atoms with Gasteiger partial charge >= 0.3 is 5.97 Å². The Morgan fingerprint density at radius 3 is 2.50 bits per heavy atom. The molecule has 0 radical (unpaired) electrons. The number of H-pyrrole nitrogens is 1. The van der Waals surface area contributed by atoms with Gasteiger partial charge in [-0.05, 0) is 35.7 Å². The van der Waals surface area contributed by atoms with Crippen molar-refractivity contribution in [1.29, 1.82) is 0 Å². The first kappa shape index (κ1) is 13.7. The fourth-order valence-electron chi connectivity index (χ4n) is 1.84. The maximum atomic E-state index is 11.9. The number of aromatic nitrogens is 2. The minimum atomic E-state index is -1.60. The van der Waals surface area contributed by atoms with Gasteiger partial charge in [-0.1, -0.05) is 0 Å². The number of nitrogens with zero attached hydrogens (tertiary/aromatic N) is 1. The van der Waals surface area contributed by atoms with E-state index in [1.54, 1.807) is 24.7 Å². The fraction of sp³-hybridized carbons (Fsp3) is 0.143. The van der Waals surface area contributed by atoms with Gasteiger partial charge in [0.2, 0.25) is 5.78 Å². The van der Waals surface area contributed by atoms with E-state index in [0.29, 0.717) is 6.42 Å². The largest absolute Gasteiger partial charge is 0.475 e. The molecule has 102 valence electrons. The topological polar surface area (TPSA) is 100 Å². The number of hydrogen-bond donors (Lipinski definition) is 2. The summed E-state index contributed by atoms with van der Waals surface area (Å²) in [4.78, 5) is 40.1. The van der Waals surface area contributed by atoms with Gasteiger partial charge in [-0.3, -0.25) is 14.6 Å². The second-order valence-electron chi connectivity index (χ2n) is 4.24. The van der Waals surface area contributed by atoms with E-state index in [0.717, 1.165) is 11.1 Å². The quantitative estimate of drug-likeness (QED) is 0.468. The van der Waals surface area contributed by atoms with Crippen LogP contribution in [0.15, 0.2) is 36.8 Å². The highest BCUT2D eigenvalue weighted by Gasteiger charge is 2.20. The number of carboxylic acid groups (broad SMARTS) is 1. The van der Waals surface area contributed by atoms with Crippen molar-refractivity contribution in [3.05, 3.63) is 53.6 Å². The van der Waals surface area contributed by atoms with E-state index in [1.165, 1.54) is 0 Å². The van der Waals surface area contributed by atoms with Gasteiger partial charge in [0, 0.05) is 18.6 Å². The molecule has 0 aliphatic heterocycles. The van der Waals surface area contributed by atoms with Crippen molar-refractivity contribution in [3.8, 4) is 0 Å². The van der Waals surface area contributed by atoms with Crippen LogP contribution in [0.3, 0.4) is 0 Å². The zero-order chi connectivity index (χ0) is 14.5. The van der Waals surface area contributed by atoms with Crippen LogP contribution in [0.2, 0.25) is 0 Å². The number of hydrogen-bond acceptors (Lipinski definition) is 4. The number of aliphatic carboxylic acids is 1. The Labute approximate surface area is 114 Å². The number of rotatable bonds is 6. The normalized spacial score (nSPS) is 10.2. The summed E-state index contributed by atoms with van der Waals surface area (Å²) in [5.41, 5.74) is 1.97. The summed E-state index contributed by atoms with van der Waals surface area (Å²) in [5, 5.41) is 8.51. The van der Waals surface area contributed by atoms with Crippen LogP contribution >= 0.6 is 0 Å². The number of pyridine rings is 1. The first-order valence-electron chi connectivity index (χ1n) is 5.92. The van der Waals surface area contributed by atoms with Crippen LogP contribution in [0, 0.1) is 0 Å². The Morgan fingerprint density at radius 1 is 1.15 bits per heavy atom. The van der Waals surface area contributed by atoms with Crippen molar-refractivity contribution < 1.29 is 19.5 Å². The standard InChI is InChI=1S/C14H12N2O4/c17-11(8-12(18)14(19)20)13-10(3-6-16-13)7-9-1-4-15-5-2-9/h1-6,16H,7-8H2,(H,19,20). The third-order valence-corrected chi connectivity index (χ3v) is 2.82. The molecule has 0 fully saturated rings. The minimum Gasteiger partial charge on any atom is -0.475 e. The molecule has 20 heavy (non-hydrogen) atoms. The molecule has 6 heteroatoms. The first-order chi connectivity index (χ1) is 9.58. The fourth-order valence-corrected chi connectivity index (χ4v) is 1.84. The van der Waals surface area contributed by atoms with Crippen molar-refractivity contribution in [1.82, 2.24) is 9.97 Å². The minimum absolute atomic E-state index is 0.274. The molecule has 0 aromatic carbocycles. The third-order valence-electron chi connectivity index (χ3n) is 2.82. The lowest BCUT2D eigenvalue weighted by atomic mass is 10.0. The Hall–Kier alpha value is -2.76. The highest BCUT2D eigenvalue weighted by atomic mass is 16.4. The summed E-state index contributed by atoms with van der Waals surface area (Å²) in [7, 11) is 0. The molecule has 0 atom stereocenters. The molecule has 2 aromatic heterocycles. The summed E-state index contributed by atoms with van der Waals surface area (Å²) in [5.74, 6) is -3.23. The monoisotopic (exact) mass is 272 g/mol. The number of nitrogens with one attached hydrogen (secondary N) is 1. The van der Waals surface area contributed by atoms with Crippen LogP contribution in [0.4, 0.5) is 0 Å². The van der Waals surface area contributed by atoms with Gasteiger partial charge in [0.15, 0.2) is 5.78 Å². The van der Waals surface area contributed by atoms with E-state index in [1.807, 2.05) is 12.1 Å². The molecule has 0 saturated heterocycles. The van der Waals surface area contributed by atoms with Crippen LogP contribution in [-0.4, -0.2) is 32.6 Å². The second kappa shape index (κ2) is 5.92. The average Bonchev–Trinajstić information content (AvgIpc) is 2.88. The second-order valence-corrected chi connectivity index (χ2v) is 4.24. The molecule has 0 aliphatic carbocycles. The summed E-state index contributed by atoms with van der Waals surface area (Å²) in [6.45, 7) is 0. The lowest BCUT2D eigenvalue weighted by Crippen LogP contribution is -2.18. The molecular formula is C14H12N2O4. The number of Topliss-reactive ketones (excluding diaryl/α,β-unsaturated/α-hetero) is 2. The first-order valence-corrected chi connectivity index (χ1v) is 5.92. The smallest absolute Gasteiger partial charge is 0.372 e. The average molecular weight is 272 g/mol. The van der Waals surface area contributed by atoms with Crippen LogP contribution in [-0.2, 0) is 16.0 Å². The van der Waals surface area contributed by atoms with Crippen LogP contribution < -0.4 is 0 Å². The van der Waals surface area contributed by atoms with Gasteiger partial charge in [-0.25, -0.2) is 4.79 Å². The van der Waals surface area contributed by atoms with E-state index in [4.69, 9.17) is 5.11 Å². The summed E-state index contributed by atoms with van der Waals surface area (Å²) in [6.07, 6.45) is 4.76. The molecule has 6 nitrogen and oxygen atoms in total. The molecule has 0 aliphatic rings. The Kier molecular flexibility index (Phi) is 4.05. The number of carboxylic acids is 1. The molecule has 2 rings (SSSR count). The zero-order valence-electron chi connectivity index (χ0n) is 10.5. The summed E-state index contributed by atoms with van der Waals surface area (Å²) < 4.78 is 0. The predicted molar refractivity (Wildman–Crippen MR) is 69.4 cm³/mol. The lowest BCUT2D eigenvalue weighted by Gasteiger charge is -2.03. The maximum Gasteiger partial charge on any atom is 0.372 e. The molecule has 0 amide bonds. The van der Waals surface area contributed by atoms with Crippen molar-refractivity contribution in [2.45, 2.75) is 12.8 Å². The molecule has 0 saturated carbocycles. The van der Waals surface area contributed by atoms with Gasteiger partial charge in [-0.2, -0.15) is 0 Å². The Balaban J connectivity index is 2.14. The zero-order valence-corrected chi connectivity index (χ0v) is 10.5.